The van der Waals surface area contributed by atoms with E-state index in [1.165, 1.54) is 0 Å². The minimum absolute atomic E-state index is 0.670. The van der Waals surface area contributed by atoms with Crippen LogP contribution in [0.2, 0.25) is 0 Å². The highest BCUT2D eigenvalue weighted by atomic mass is 16.4. The Hall–Kier alpha value is -0.0800. The van der Waals surface area contributed by atoms with E-state index in [0.717, 1.165) is 38.5 Å². The summed E-state index contributed by atoms with van der Waals surface area (Å²) in [7, 11) is 0. The maximum atomic E-state index is 10.3. The largest absolute Gasteiger partial charge is 0.387 e. The zero-order valence-corrected chi connectivity index (χ0v) is 8.84. The first kappa shape index (κ1) is 11.0. The smallest absolute Gasteiger partial charge is 0.0933 e. The first-order valence-corrected chi connectivity index (χ1v) is 5.53. The Balaban J connectivity index is 2.76. The van der Waals surface area contributed by atoms with Crippen LogP contribution in [0.25, 0.3) is 0 Å². The van der Waals surface area contributed by atoms with Gasteiger partial charge in [0.2, 0.25) is 0 Å². The van der Waals surface area contributed by atoms with Gasteiger partial charge in [0.15, 0.2) is 0 Å². The van der Waals surface area contributed by atoms with Crippen LogP contribution >= 0.6 is 0 Å². The summed E-state index contributed by atoms with van der Waals surface area (Å²) in [5.41, 5.74) is -1.63. The molecule has 0 saturated heterocycles. The Labute approximate surface area is 81.0 Å². The third kappa shape index (κ3) is 1.89. The topological polar surface area (TPSA) is 40.5 Å². The summed E-state index contributed by atoms with van der Waals surface area (Å²) in [5.74, 6) is 0. The van der Waals surface area contributed by atoms with E-state index in [1.807, 2.05) is 6.92 Å². The average molecular weight is 186 g/mol. The van der Waals surface area contributed by atoms with Gasteiger partial charge in [-0.25, -0.2) is 0 Å². The first-order chi connectivity index (χ1) is 6.08. The van der Waals surface area contributed by atoms with Crippen molar-refractivity contribution in [3.8, 4) is 0 Å². The van der Waals surface area contributed by atoms with Crippen LogP contribution in [0.1, 0.15) is 58.8 Å². The molecule has 0 heterocycles. The van der Waals surface area contributed by atoms with Gasteiger partial charge in [0.1, 0.15) is 0 Å². The van der Waals surface area contributed by atoms with Crippen molar-refractivity contribution >= 4 is 0 Å². The maximum Gasteiger partial charge on any atom is 0.0933 e. The van der Waals surface area contributed by atoms with Crippen LogP contribution < -0.4 is 0 Å². The highest BCUT2D eigenvalue weighted by Crippen LogP contribution is 2.42. The van der Waals surface area contributed by atoms with Gasteiger partial charge in [-0.2, -0.15) is 0 Å². The molecule has 0 aromatic heterocycles. The zero-order valence-electron chi connectivity index (χ0n) is 8.84. The summed E-state index contributed by atoms with van der Waals surface area (Å²) in [5, 5.41) is 20.6. The fourth-order valence-corrected chi connectivity index (χ4v) is 2.58. The molecule has 0 bridgehead atoms. The van der Waals surface area contributed by atoms with Gasteiger partial charge >= 0.3 is 0 Å². The Morgan fingerprint density at radius 2 is 1.54 bits per heavy atom. The van der Waals surface area contributed by atoms with Crippen LogP contribution in [-0.4, -0.2) is 21.4 Å². The van der Waals surface area contributed by atoms with Crippen LogP contribution in [0.4, 0.5) is 0 Å². The molecule has 78 valence electrons. The van der Waals surface area contributed by atoms with Gasteiger partial charge in [0, 0.05) is 0 Å². The molecule has 2 heteroatoms. The SMILES string of the molecule is CCCC1(O)CCCCC1(O)CC. The molecule has 1 fully saturated rings. The molecule has 0 amide bonds. The van der Waals surface area contributed by atoms with E-state index in [0.29, 0.717) is 6.42 Å². The molecule has 1 rings (SSSR count). The van der Waals surface area contributed by atoms with Crippen molar-refractivity contribution < 1.29 is 10.2 Å². The minimum Gasteiger partial charge on any atom is -0.387 e. The van der Waals surface area contributed by atoms with E-state index in [2.05, 4.69) is 6.92 Å². The molecule has 2 N–H and O–H groups in total. The lowest BCUT2D eigenvalue weighted by molar-refractivity contribution is -0.180. The lowest BCUT2D eigenvalue weighted by Gasteiger charge is -2.47. The molecular weight excluding hydrogens is 164 g/mol. The molecule has 0 radical (unpaired) electrons. The van der Waals surface area contributed by atoms with E-state index >= 15 is 0 Å². The molecular formula is C11H22O2. The zero-order chi connectivity index (χ0) is 9.95. The molecule has 1 aliphatic rings. The van der Waals surface area contributed by atoms with Crippen molar-refractivity contribution in [2.75, 3.05) is 0 Å². The average Bonchev–Trinajstić information content (AvgIpc) is 2.11. The lowest BCUT2D eigenvalue weighted by atomic mass is 9.68. The van der Waals surface area contributed by atoms with E-state index in [1.54, 1.807) is 0 Å². The fourth-order valence-electron chi connectivity index (χ4n) is 2.58. The van der Waals surface area contributed by atoms with Gasteiger partial charge in [-0.3, -0.25) is 0 Å². The van der Waals surface area contributed by atoms with Crippen molar-refractivity contribution in [3.05, 3.63) is 0 Å². The van der Waals surface area contributed by atoms with Crippen LogP contribution in [0.15, 0.2) is 0 Å². The molecule has 2 unspecified atom stereocenters. The van der Waals surface area contributed by atoms with Crippen molar-refractivity contribution in [2.24, 2.45) is 0 Å². The van der Waals surface area contributed by atoms with Gasteiger partial charge in [0.25, 0.3) is 0 Å². The van der Waals surface area contributed by atoms with Gasteiger partial charge in [-0.05, 0) is 25.7 Å². The second-order valence-electron chi connectivity index (χ2n) is 4.37. The standard InChI is InChI=1S/C11H22O2/c1-3-7-11(13)9-6-5-8-10(11,12)4-2/h12-13H,3-9H2,1-2H3. The van der Waals surface area contributed by atoms with Crippen LogP contribution in [-0.2, 0) is 0 Å². The molecule has 1 saturated carbocycles. The van der Waals surface area contributed by atoms with E-state index in [9.17, 15) is 10.2 Å². The van der Waals surface area contributed by atoms with Crippen LogP contribution in [0.3, 0.4) is 0 Å². The number of rotatable bonds is 3. The van der Waals surface area contributed by atoms with E-state index in [-0.39, 0.29) is 0 Å². The summed E-state index contributed by atoms with van der Waals surface area (Å²) in [6.07, 6.45) is 5.99. The van der Waals surface area contributed by atoms with Crippen LogP contribution in [0.5, 0.6) is 0 Å². The molecule has 0 aromatic rings. The third-order valence-electron chi connectivity index (χ3n) is 3.55. The predicted octanol–water partition coefficient (Wildman–Crippen LogP) is 2.23. The Morgan fingerprint density at radius 3 is 2.00 bits per heavy atom. The van der Waals surface area contributed by atoms with Crippen molar-refractivity contribution in [1.82, 2.24) is 0 Å². The summed E-state index contributed by atoms with van der Waals surface area (Å²) >= 11 is 0. The molecule has 0 spiro atoms. The summed E-state index contributed by atoms with van der Waals surface area (Å²) < 4.78 is 0. The Kier molecular flexibility index (Phi) is 3.36. The van der Waals surface area contributed by atoms with Gasteiger partial charge in [0.05, 0.1) is 11.2 Å². The highest BCUT2D eigenvalue weighted by Gasteiger charge is 2.48. The van der Waals surface area contributed by atoms with Gasteiger partial charge in [-0.15, -0.1) is 0 Å². The number of aliphatic hydroxyl groups is 2. The van der Waals surface area contributed by atoms with Gasteiger partial charge in [-0.1, -0.05) is 33.1 Å². The fraction of sp³-hybridized carbons (Fsp3) is 1.00. The van der Waals surface area contributed by atoms with Crippen molar-refractivity contribution in [2.45, 2.75) is 70.0 Å². The molecule has 0 aromatic carbocycles. The second-order valence-corrected chi connectivity index (χ2v) is 4.37. The number of hydrogen-bond acceptors (Lipinski definition) is 2. The quantitative estimate of drug-likeness (QED) is 0.709. The number of hydrogen-bond donors (Lipinski definition) is 2. The van der Waals surface area contributed by atoms with Crippen LogP contribution in [0, 0.1) is 0 Å². The molecule has 0 aliphatic heterocycles. The molecule has 1 aliphatic carbocycles. The van der Waals surface area contributed by atoms with E-state index < -0.39 is 11.2 Å². The van der Waals surface area contributed by atoms with Crippen molar-refractivity contribution in [3.63, 3.8) is 0 Å². The highest BCUT2D eigenvalue weighted by molar-refractivity contribution is 5.01. The summed E-state index contributed by atoms with van der Waals surface area (Å²) in [6.45, 7) is 4.02. The van der Waals surface area contributed by atoms with E-state index in [4.69, 9.17) is 0 Å². The predicted molar refractivity (Wildman–Crippen MR) is 53.6 cm³/mol. The summed E-state index contributed by atoms with van der Waals surface area (Å²) in [6, 6.07) is 0. The first-order valence-electron chi connectivity index (χ1n) is 5.53. The minimum atomic E-state index is -0.818. The molecule has 2 atom stereocenters. The maximum absolute atomic E-state index is 10.3. The molecule has 13 heavy (non-hydrogen) atoms. The third-order valence-corrected chi connectivity index (χ3v) is 3.55. The van der Waals surface area contributed by atoms with Crippen molar-refractivity contribution in [1.29, 1.82) is 0 Å². The second kappa shape index (κ2) is 3.97. The normalized spacial score (nSPS) is 40.6. The Bertz CT molecular complexity index is 165. The lowest BCUT2D eigenvalue weighted by Crippen LogP contribution is -2.55. The summed E-state index contributed by atoms with van der Waals surface area (Å²) in [4.78, 5) is 0. The Morgan fingerprint density at radius 1 is 1.00 bits per heavy atom. The monoisotopic (exact) mass is 186 g/mol. The van der Waals surface area contributed by atoms with Gasteiger partial charge < -0.3 is 10.2 Å². The molecule has 2 nitrogen and oxygen atoms in total.